The molecule has 0 bridgehead atoms. The highest BCUT2D eigenvalue weighted by Gasteiger charge is 2.19. The lowest BCUT2D eigenvalue weighted by atomic mass is 9.85. The SMILES string of the molecule is [C-]#[N+]c1cc(-c2ccc(-n3c4ccccc4c4cc(C#N)ccc43)cc2[N+]#[C-])cc(-c2c3ccccc3c(-c3ccccc3)c3ccccc23)c1. The molecule has 0 spiro atoms. The molecule has 4 heteroatoms. The van der Waals surface area contributed by atoms with E-state index >= 15 is 0 Å². The van der Waals surface area contributed by atoms with Crippen LogP contribution in [0.1, 0.15) is 5.56 Å². The van der Waals surface area contributed by atoms with Crippen LogP contribution in [0.25, 0.3) is 92.1 Å². The van der Waals surface area contributed by atoms with Crippen LogP contribution in [0.3, 0.4) is 0 Å². The van der Waals surface area contributed by atoms with E-state index in [1.807, 2.05) is 66.7 Å². The number of fused-ring (bicyclic) bond motifs is 5. The third kappa shape index (κ3) is 4.74. The van der Waals surface area contributed by atoms with Gasteiger partial charge >= 0.3 is 0 Å². The molecule has 0 aliphatic carbocycles. The molecule has 0 saturated heterocycles. The fourth-order valence-corrected chi connectivity index (χ4v) is 7.65. The summed E-state index contributed by atoms with van der Waals surface area (Å²) in [6, 6.07) is 55.6. The molecule has 0 N–H and O–H groups in total. The van der Waals surface area contributed by atoms with Crippen molar-refractivity contribution in [3.8, 4) is 45.1 Å². The van der Waals surface area contributed by atoms with E-state index in [0.717, 1.165) is 76.9 Å². The van der Waals surface area contributed by atoms with E-state index in [4.69, 9.17) is 13.1 Å². The summed E-state index contributed by atoms with van der Waals surface area (Å²) in [7, 11) is 0. The molecule has 9 aromatic rings. The smallest absolute Gasteiger partial charge is 0.196 e. The van der Waals surface area contributed by atoms with Crippen LogP contribution in [-0.2, 0) is 0 Å². The zero-order chi connectivity index (χ0) is 34.5. The average molecular weight is 647 g/mol. The van der Waals surface area contributed by atoms with Gasteiger partial charge in [0.05, 0.1) is 35.8 Å². The Balaban J connectivity index is 1.26. The van der Waals surface area contributed by atoms with Crippen molar-refractivity contribution in [1.29, 1.82) is 5.26 Å². The van der Waals surface area contributed by atoms with E-state index < -0.39 is 0 Å². The van der Waals surface area contributed by atoms with Crippen LogP contribution in [0.4, 0.5) is 11.4 Å². The first-order valence-electron chi connectivity index (χ1n) is 16.6. The molecular weight excluding hydrogens is 621 g/mol. The van der Waals surface area contributed by atoms with E-state index in [2.05, 4.69) is 111 Å². The summed E-state index contributed by atoms with van der Waals surface area (Å²) in [5.74, 6) is 0. The van der Waals surface area contributed by atoms with Gasteiger partial charge in [0.1, 0.15) is 0 Å². The Morgan fingerprint density at radius 3 is 1.71 bits per heavy atom. The molecule has 0 atom stereocenters. The average Bonchev–Trinajstić information content (AvgIpc) is 3.53. The van der Waals surface area contributed by atoms with Crippen molar-refractivity contribution < 1.29 is 0 Å². The lowest BCUT2D eigenvalue weighted by molar-refractivity contribution is 1.18. The van der Waals surface area contributed by atoms with Gasteiger partial charge in [-0.1, -0.05) is 109 Å². The predicted molar refractivity (Wildman–Crippen MR) is 209 cm³/mol. The van der Waals surface area contributed by atoms with Crippen LogP contribution in [-0.4, -0.2) is 4.57 Å². The lowest BCUT2D eigenvalue weighted by Gasteiger charge is -2.19. The van der Waals surface area contributed by atoms with Gasteiger partial charge in [0.15, 0.2) is 11.4 Å². The molecule has 234 valence electrons. The maximum atomic E-state index is 9.58. The molecule has 0 saturated carbocycles. The van der Waals surface area contributed by atoms with Gasteiger partial charge in [-0.3, -0.25) is 0 Å². The third-order valence-electron chi connectivity index (χ3n) is 9.80. The van der Waals surface area contributed by atoms with E-state index in [1.165, 1.54) is 5.56 Å². The van der Waals surface area contributed by atoms with Crippen molar-refractivity contribution in [3.05, 3.63) is 186 Å². The number of nitrogens with zero attached hydrogens (tertiary/aromatic N) is 4. The Hall–Kier alpha value is -7.45. The van der Waals surface area contributed by atoms with Gasteiger partial charge in [-0.25, -0.2) is 9.69 Å². The molecule has 0 amide bonds. The highest BCUT2D eigenvalue weighted by molar-refractivity contribution is 6.21. The van der Waals surface area contributed by atoms with E-state index in [1.54, 1.807) is 0 Å². The zero-order valence-electron chi connectivity index (χ0n) is 27.3. The molecule has 4 nitrogen and oxygen atoms in total. The summed E-state index contributed by atoms with van der Waals surface area (Å²) < 4.78 is 2.15. The second kappa shape index (κ2) is 11.9. The Morgan fingerprint density at radius 2 is 1.06 bits per heavy atom. The molecule has 0 unspecified atom stereocenters. The molecule has 1 aromatic heterocycles. The van der Waals surface area contributed by atoms with Crippen molar-refractivity contribution in [2.75, 3.05) is 0 Å². The van der Waals surface area contributed by atoms with Gasteiger partial charge in [0.2, 0.25) is 0 Å². The fourth-order valence-electron chi connectivity index (χ4n) is 7.65. The van der Waals surface area contributed by atoms with Crippen LogP contribution in [0.2, 0.25) is 0 Å². The van der Waals surface area contributed by atoms with Crippen molar-refractivity contribution in [2.24, 2.45) is 0 Å². The molecular formula is C47H26N4. The van der Waals surface area contributed by atoms with Gasteiger partial charge in [0, 0.05) is 16.5 Å². The summed E-state index contributed by atoms with van der Waals surface area (Å²) in [5, 5.41) is 16.1. The highest BCUT2D eigenvalue weighted by atomic mass is 15.0. The normalized spacial score (nSPS) is 11.1. The van der Waals surface area contributed by atoms with Crippen LogP contribution in [0.5, 0.6) is 0 Å². The van der Waals surface area contributed by atoms with Gasteiger partial charge in [-0.2, -0.15) is 5.26 Å². The Bertz CT molecular complexity index is 2940. The minimum atomic E-state index is 0.495. The van der Waals surface area contributed by atoms with Crippen molar-refractivity contribution in [3.63, 3.8) is 0 Å². The Kier molecular flexibility index (Phi) is 6.93. The standard InChI is InChI=1S/C47H26N4/c1-49-34-26-32(36-22-21-35(28-43(36)50-2)51-44-19-11-10-14-37(44)42-24-30(29-48)20-23-45(42)51)25-33(27-34)47-40-17-8-6-15-38(40)46(31-12-4-3-5-13-31)39-16-7-9-18-41(39)47/h3-28H. The quantitative estimate of drug-likeness (QED) is 0.138. The van der Waals surface area contributed by atoms with Crippen LogP contribution >= 0.6 is 0 Å². The number of benzene rings is 8. The molecule has 1 heterocycles. The summed E-state index contributed by atoms with van der Waals surface area (Å²) in [6.45, 7) is 16.4. The summed E-state index contributed by atoms with van der Waals surface area (Å²) in [6.07, 6.45) is 0. The van der Waals surface area contributed by atoms with Gasteiger partial charge in [0.25, 0.3) is 0 Å². The molecule has 0 radical (unpaired) electrons. The van der Waals surface area contributed by atoms with Gasteiger partial charge in [-0.05, 0) is 103 Å². The highest BCUT2D eigenvalue weighted by Crippen LogP contribution is 2.46. The summed E-state index contributed by atoms with van der Waals surface area (Å²) in [5.41, 5.74) is 10.4. The van der Waals surface area contributed by atoms with E-state index in [0.29, 0.717) is 16.9 Å². The van der Waals surface area contributed by atoms with Crippen LogP contribution in [0, 0.1) is 24.5 Å². The number of hydrogen-bond acceptors (Lipinski definition) is 1. The third-order valence-corrected chi connectivity index (χ3v) is 9.80. The number of para-hydroxylation sites is 1. The topological polar surface area (TPSA) is 37.4 Å². The monoisotopic (exact) mass is 646 g/mol. The Labute approximate surface area is 294 Å². The molecule has 51 heavy (non-hydrogen) atoms. The molecule has 8 aromatic carbocycles. The number of aromatic nitrogens is 1. The lowest BCUT2D eigenvalue weighted by Crippen LogP contribution is -1.94. The largest absolute Gasteiger partial charge is 0.311 e. The zero-order valence-corrected chi connectivity index (χ0v) is 27.3. The first kappa shape index (κ1) is 29.7. The predicted octanol–water partition coefficient (Wildman–Crippen LogP) is 13.1. The van der Waals surface area contributed by atoms with E-state index in [-0.39, 0.29) is 0 Å². The van der Waals surface area contributed by atoms with Crippen LogP contribution in [0.15, 0.2) is 158 Å². The fraction of sp³-hybridized carbons (Fsp3) is 0. The molecule has 0 aliphatic rings. The maximum Gasteiger partial charge on any atom is 0.196 e. The second-order valence-corrected chi connectivity index (χ2v) is 12.6. The Morgan fingerprint density at radius 1 is 0.471 bits per heavy atom. The van der Waals surface area contributed by atoms with Gasteiger partial charge < -0.3 is 4.57 Å². The van der Waals surface area contributed by atoms with Crippen molar-refractivity contribution in [1.82, 2.24) is 4.57 Å². The minimum Gasteiger partial charge on any atom is -0.311 e. The number of rotatable bonds is 4. The maximum absolute atomic E-state index is 9.58. The van der Waals surface area contributed by atoms with Gasteiger partial charge in [-0.15, -0.1) is 0 Å². The van der Waals surface area contributed by atoms with Crippen molar-refractivity contribution in [2.45, 2.75) is 0 Å². The molecule has 9 rings (SSSR count). The van der Waals surface area contributed by atoms with Crippen LogP contribution < -0.4 is 0 Å². The molecule has 0 fully saturated rings. The number of nitriles is 1. The second-order valence-electron chi connectivity index (χ2n) is 12.6. The first-order valence-corrected chi connectivity index (χ1v) is 16.6. The first-order chi connectivity index (χ1) is 25.2. The molecule has 0 aliphatic heterocycles. The minimum absolute atomic E-state index is 0.495. The van der Waals surface area contributed by atoms with Crippen molar-refractivity contribution >= 4 is 54.7 Å². The summed E-state index contributed by atoms with van der Waals surface area (Å²) in [4.78, 5) is 7.93. The summed E-state index contributed by atoms with van der Waals surface area (Å²) >= 11 is 0. The van der Waals surface area contributed by atoms with E-state index in [9.17, 15) is 5.26 Å². The number of hydrogen-bond donors (Lipinski definition) is 0.